The second-order valence-corrected chi connectivity index (χ2v) is 6.95. The highest BCUT2D eigenvalue weighted by Gasteiger charge is 2.27. The van der Waals surface area contributed by atoms with Crippen molar-refractivity contribution in [1.29, 1.82) is 0 Å². The van der Waals surface area contributed by atoms with Crippen LogP contribution in [0.25, 0.3) is 0 Å². The molecule has 2 aliphatic rings. The average Bonchev–Trinajstić information content (AvgIpc) is 2.98. The average molecular weight is 281 g/mol. The van der Waals surface area contributed by atoms with E-state index in [-0.39, 0.29) is 0 Å². The van der Waals surface area contributed by atoms with Gasteiger partial charge in [0.05, 0.1) is 6.10 Å². The van der Waals surface area contributed by atoms with Crippen molar-refractivity contribution in [2.75, 3.05) is 13.2 Å². The smallest absolute Gasteiger partial charge is 0.0576 e. The van der Waals surface area contributed by atoms with E-state index in [4.69, 9.17) is 4.74 Å². The van der Waals surface area contributed by atoms with Crippen LogP contribution in [0.4, 0.5) is 0 Å². The third kappa shape index (κ3) is 5.04. The van der Waals surface area contributed by atoms with Gasteiger partial charge in [0.15, 0.2) is 0 Å². The van der Waals surface area contributed by atoms with Crippen molar-refractivity contribution in [3.05, 3.63) is 0 Å². The Morgan fingerprint density at radius 3 is 2.45 bits per heavy atom. The molecule has 0 aromatic carbocycles. The van der Waals surface area contributed by atoms with Crippen LogP contribution in [0.2, 0.25) is 0 Å². The lowest BCUT2D eigenvalue weighted by molar-refractivity contribution is 0.0944. The van der Waals surface area contributed by atoms with Gasteiger partial charge in [-0.25, -0.2) is 0 Å². The molecule has 0 spiro atoms. The Kier molecular flexibility index (Phi) is 7.37. The fourth-order valence-electron chi connectivity index (χ4n) is 4.29. The van der Waals surface area contributed by atoms with Crippen molar-refractivity contribution in [1.82, 2.24) is 5.32 Å². The maximum absolute atomic E-state index is 5.79. The van der Waals surface area contributed by atoms with Crippen LogP contribution in [0.5, 0.6) is 0 Å². The lowest BCUT2D eigenvalue weighted by atomic mass is 9.76. The first-order valence-corrected chi connectivity index (χ1v) is 9.18. The second-order valence-electron chi connectivity index (χ2n) is 6.95. The molecule has 0 aromatic heterocycles. The standard InChI is InChI=1S/C18H35NO/c1-3-6-15-8-10-16(11-9-15)18(19-4-2)13-12-17-7-5-14-20-17/h15-19H,3-14H2,1-2H3. The quantitative estimate of drug-likeness (QED) is 0.706. The Balaban J connectivity index is 1.73. The van der Waals surface area contributed by atoms with E-state index >= 15 is 0 Å². The first-order chi connectivity index (χ1) is 9.83. The molecule has 0 amide bonds. The van der Waals surface area contributed by atoms with Gasteiger partial charge in [0.25, 0.3) is 0 Å². The van der Waals surface area contributed by atoms with E-state index in [1.54, 1.807) is 0 Å². The molecule has 2 rings (SSSR count). The molecule has 1 saturated heterocycles. The Labute approximate surface area is 126 Å². The summed E-state index contributed by atoms with van der Waals surface area (Å²) >= 11 is 0. The Hall–Kier alpha value is -0.0800. The van der Waals surface area contributed by atoms with Crippen molar-refractivity contribution in [2.45, 2.75) is 90.2 Å². The van der Waals surface area contributed by atoms with Crippen LogP contribution in [0.1, 0.15) is 78.1 Å². The second kappa shape index (κ2) is 9.04. The SMILES string of the molecule is CCCC1CCC(C(CCC2CCCO2)NCC)CC1. The van der Waals surface area contributed by atoms with Crippen LogP contribution in [-0.2, 0) is 4.74 Å². The van der Waals surface area contributed by atoms with Crippen molar-refractivity contribution in [3.8, 4) is 0 Å². The zero-order chi connectivity index (χ0) is 14.2. The molecule has 1 aliphatic heterocycles. The van der Waals surface area contributed by atoms with E-state index in [1.807, 2.05) is 0 Å². The maximum Gasteiger partial charge on any atom is 0.0576 e. The van der Waals surface area contributed by atoms with Crippen LogP contribution >= 0.6 is 0 Å². The summed E-state index contributed by atoms with van der Waals surface area (Å²) < 4.78 is 5.79. The van der Waals surface area contributed by atoms with Crippen molar-refractivity contribution in [3.63, 3.8) is 0 Å². The fourth-order valence-corrected chi connectivity index (χ4v) is 4.29. The predicted octanol–water partition coefficient (Wildman–Crippen LogP) is 4.53. The van der Waals surface area contributed by atoms with Gasteiger partial charge in [-0.15, -0.1) is 0 Å². The zero-order valence-corrected chi connectivity index (χ0v) is 13.7. The molecular weight excluding hydrogens is 246 g/mol. The van der Waals surface area contributed by atoms with Gasteiger partial charge in [0, 0.05) is 12.6 Å². The van der Waals surface area contributed by atoms with E-state index in [1.165, 1.54) is 64.2 Å². The summed E-state index contributed by atoms with van der Waals surface area (Å²) in [7, 11) is 0. The highest BCUT2D eigenvalue weighted by Crippen LogP contribution is 2.34. The summed E-state index contributed by atoms with van der Waals surface area (Å²) in [5.41, 5.74) is 0. The molecule has 0 bridgehead atoms. The Morgan fingerprint density at radius 2 is 1.85 bits per heavy atom. The van der Waals surface area contributed by atoms with Crippen molar-refractivity contribution >= 4 is 0 Å². The minimum Gasteiger partial charge on any atom is -0.378 e. The third-order valence-electron chi connectivity index (χ3n) is 5.45. The summed E-state index contributed by atoms with van der Waals surface area (Å²) in [4.78, 5) is 0. The van der Waals surface area contributed by atoms with Gasteiger partial charge < -0.3 is 10.1 Å². The van der Waals surface area contributed by atoms with Gasteiger partial charge >= 0.3 is 0 Å². The minimum atomic E-state index is 0.563. The van der Waals surface area contributed by atoms with Crippen molar-refractivity contribution in [2.24, 2.45) is 11.8 Å². The zero-order valence-electron chi connectivity index (χ0n) is 13.7. The monoisotopic (exact) mass is 281 g/mol. The van der Waals surface area contributed by atoms with Crippen LogP contribution < -0.4 is 5.32 Å². The van der Waals surface area contributed by atoms with Gasteiger partial charge in [-0.3, -0.25) is 0 Å². The fraction of sp³-hybridized carbons (Fsp3) is 1.00. The Morgan fingerprint density at radius 1 is 1.05 bits per heavy atom. The normalized spacial score (nSPS) is 32.4. The van der Waals surface area contributed by atoms with Crippen LogP contribution in [0, 0.1) is 11.8 Å². The molecule has 118 valence electrons. The minimum absolute atomic E-state index is 0.563. The molecule has 1 heterocycles. The molecule has 2 nitrogen and oxygen atoms in total. The summed E-state index contributed by atoms with van der Waals surface area (Å²) in [5, 5.41) is 3.77. The van der Waals surface area contributed by atoms with E-state index in [0.717, 1.165) is 31.0 Å². The number of ether oxygens (including phenoxy) is 1. The summed E-state index contributed by atoms with van der Waals surface area (Å²) in [6, 6.07) is 0.742. The summed E-state index contributed by atoms with van der Waals surface area (Å²) in [6.45, 7) is 6.70. The summed E-state index contributed by atoms with van der Waals surface area (Å²) in [5.74, 6) is 1.95. The largest absolute Gasteiger partial charge is 0.378 e. The first-order valence-electron chi connectivity index (χ1n) is 9.18. The topological polar surface area (TPSA) is 21.3 Å². The molecule has 1 aliphatic carbocycles. The lowest BCUT2D eigenvalue weighted by Gasteiger charge is -2.34. The number of hydrogen-bond acceptors (Lipinski definition) is 2. The maximum atomic E-state index is 5.79. The van der Waals surface area contributed by atoms with Gasteiger partial charge in [0.2, 0.25) is 0 Å². The third-order valence-corrected chi connectivity index (χ3v) is 5.45. The molecule has 0 radical (unpaired) electrons. The van der Waals surface area contributed by atoms with E-state index in [9.17, 15) is 0 Å². The van der Waals surface area contributed by atoms with E-state index < -0.39 is 0 Å². The molecule has 20 heavy (non-hydrogen) atoms. The molecule has 2 unspecified atom stereocenters. The van der Waals surface area contributed by atoms with Crippen LogP contribution in [-0.4, -0.2) is 25.3 Å². The van der Waals surface area contributed by atoms with Gasteiger partial charge in [-0.05, 0) is 56.9 Å². The van der Waals surface area contributed by atoms with E-state index in [2.05, 4.69) is 19.2 Å². The highest BCUT2D eigenvalue weighted by molar-refractivity contribution is 4.83. The molecule has 1 N–H and O–H groups in total. The molecular formula is C18H35NO. The summed E-state index contributed by atoms with van der Waals surface area (Å²) in [6.07, 6.45) is 14.4. The van der Waals surface area contributed by atoms with Gasteiger partial charge in [0.1, 0.15) is 0 Å². The highest BCUT2D eigenvalue weighted by atomic mass is 16.5. The Bertz CT molecular complexity index is 242. The molecule has 2 heteroatoms. The molecule has 0 aromatic rings. The van der Waals surface area contributed by atoms with Crippen LogP contribution in [0.15, 0.2) is 0 Å². The van der Waals surface area contributed by atoms with Gasteiger partial charge in [-0.1, -0.05) is 39.5 Å². The molecule has 2 atom stereocenters. The van der Waals surface area contributed by atoms with Gasteiger partial charge in [-0.2, -0.15) is 0 Å². The first kappa shape index (κ1) is 16.3. The number of rotatable bonds is 8. The lowest BCUT2D eigenvalue weighted by Crippen LogP contribution is -2.38. The molecule has 1 saturated carbocycles. The molecule has 2 fully saturated rings. The predicted molar refractivity (Wildman–Crippen MR) is 86.0 cm³/mol. The number of nitrogens with one attached hydrogen (secondary N) is 1. The van der Waals surface area contributed by atoms with E-state index in [0.29, 0.717) is 6.10 Å². The van der Waals surface area contributed by atoms with Crippen LogP contribution in [0.3, 0.4) is 0 Å². The number of hydrogen-bond donors (Lipinski definition) is 1. The van der Waals surface area contributed by atoms with Crippen molar-refractivity contribution < 1.29 is 4.74 Å².